The minimum absolute atomic E-state index is 0.00737. The summed E-state index contributed by atoms with van der Waals surface area (Å²) in [5.74, 6) is 1.96. The largest absolute Gasteiger partial charge is 0.487 e. The van der Waals surface area contributed by atoms with Crippen molar-refractivity contribution in [1.29, 1.82) is 0 Å². The fourth-order valence-electron chi connectivity index (χ4n) is 3.88. The number of carboxylic acid groups (broad SMARTS) is 1. The highest BCUT2D eigenvalue weighted by atomic mass is 16.5. The van der Waals surface area contributed by atoms with Crippen molar-refractivity contribution >= 4 is 5.97 Å². The Morgan fingerprint density at radius 2 is 1.79 bits per heavy atom. The molecule has 38 heavy (non-hydrogen) atoms. The molecule has 1 N–H and O–H groups in total. The Hall–Kier alpha value is -4.79. The first kappa shape index (κ1) is 24.9. The number of hydrogen-bond donors (Lipinski definition) is 1. The molecule has 3 heterocycles. The summed E-state index contributed by atoms with van der Waals surface area (Å²) in [7, 11) is 0. The van der Waals surface area contributed by atoms with E-state index in [0.29, 0.717) is 54.3 Å². The van der Waals surface area contributed by atoms with Crippen LogP contribution in [0.25, 0.3) is 11.7 Å². The van der Waals surface area contributed by atoms with Gasteiger partial charge in [-0.3, -0.25) is 9.48 Å². The highest BCUT2D eigenvalue weighted by Gasteiger charge is 2.15. The smallest absolute Gasteiger partial charge is 0.303 e. The van der Waals surface area contributed by atoms with E-state index >= 15 is 0 Å². The highest BCUT2D eigenvalue weighted by molar-refractivity contribution is 5.67. The van der Waals surface area contributed by atoms with Crippen LogP contribution in [0.3, 0.4) is 0 Å². The summed E-state index contributed by atoms with van der Waals surface area (Å²) in [5.41, 5.74) is 3.49. The molecular formula is C29H27N3O6. The molecular weight excluding hydrogens is 486 g/mol. The molecule has 0 amide bonds. The van der Waals surface area contributed by atoms with Crippen LogP contribution in [0.5, 0.6) is 11.6 Å². The van der Waals surface area contributed by atoms with E-state index < -0.39 is 5.97 Å². The number of carboxylic acids is 1. The highest BCUT2D eigenvalue weighted by Crippen LogP contribution is 2.24. The van der Waals surface area contributed by atoms with E-state index in [-0.39, 0.29) is 13.0 Å². The number of benzene rings is 2. The average Bonchev–Trinajstić information content (AvgIpc) is 3.67. The number of aliphatic carboxylic acids is 1. The van der Waals surface area contributed by atoms with Crippen molar-refractivity contribution in [2.75, 3.05) is 0 Å². The summed E-state index contributed by atoms with van der Waals surface area (Å²) in [4.78, 5) is 15.6. The number of aryl methyl sites for hydroxylation is 2. The second kappa shape index (κ2) is 11.5. The summed E-state index contributed by atoms with van der Waals surface area (Å²) in [5, 5.41) is 13.7. The molecule has 0 atom stereocenters. The maximum Gasteiger partial charge on any atom is 0.303 e. The van der Waals surface area contributed by atoms with Crippen molar-refractivity contribution in [2.45, 2.75) is 39.5 Å². The third-order valence-corrected chi connectivity index (χ3v) is 5.89. The molecule has 0 bridgehead atoms. The van der Waals surface area contributed by atoms with E-state index in [4.69, 9.17) is 23.4 Å². The van der Waals surface area contributed by atoms with E-state index in [1.54, 1.807) is 23.1 Å². The normalized spacial score (nSPS) is 11.0. The van der Waals surface area contributed by atoms with Gasteiger partial charge in [-0.05, 0) is 48.7 Å². The van der Waals surface area contributed by atoms with E-state index in [1.165, 1.54) is 0 Å². The molecule has 0 aliphatic carbocycles. The first-order valence-corrected chi connectivity index (χ1v) is 12.2. The van der Waals surface area contributed by atoms with Gasteiger partial charge in [-0.25, -0.2) is 4.98 Å². The first-order chi connectivity index (χ1) is 18.5. The zero-order chi connectivity index (χ0) is 26.3. The second-order valence-corrected chi connectivity index (χ2v) is 8.76. The summed E-state index contributed by atoms with van der Waals surface area (Å²) >= 11 is 0. The van der Waals surface area contributed by atoms with Crippen LogP contribution >= 0.6 is 0 Å². The summed E-state index contributed by atoms with van der Waals surface area (Å²) in [6.45, 7) is 2.97. The van der Waals surface area contributed by atoms with Gasteiger partial charge in [0.05, 0.1) is 12.8 Å². The average molecular weight is 514 g/mol. The van der Waals surface area contributed by atoms with E-state index in [9.17, 15) is 4.79 Å². The Morgan fingerprint density at radius 3 is 2.53 bits per heavy atom. The number of ether oxygens (including phenoxy) is 2. The lowest BCUT2D eigenvalue weighted by Gasteiger charge is -2.07. The number of furan rings is 1. The van der Waals surface area contributed by atoms with Crippen molar-refractivity contribution in [2.24, 2.45) is 0 Å². The lowest BCUT2D eigenvalue weighted by Crippen LogP contribution is -2.02. The van der Waals surface area contributed by atoms with Gasteiger partial charge in [0, 0.05) is 18.2 Å². The van der Waals surface area contributed by atoms with Crippen molar-refractivity contribution in [3.63, 3.8) is 0 Å². The number of rotatable bonds is 12. The van der Waals surface area contributed by atoms with E-state index in [1.807, 2.05) is 67.7 Å². The van der Waals surface area contributed by atoms with Crippen LogP contribution in [0.15, 0.2) is 88.0 Å². The van der Waals surface area contributed by atoms with Gasteiger partial charge in [0.25, 0.3) is 5.89 Å². The standard InChI is InChI=1S/C29H27N3O6/c1-20-25(30-29(38-20)26-8-5-15-35-26)19-36-24-12-9-21(10-13-24)16-32-17-23(11-14-27(33)34)28(31-32)37-18-22-6-3-2-4-7-22/h2-10,12-13,15,17H,11,14,16,18-19H2,1H3,(H,33,34). The molecule has 3 aromatic heterocycles. The predicted octanol–water partition coefficient (Wildman–Crippen LogP) is 5.66. The third kappa shape index (κ3) is 6.31. The summed E-state index contributed by atoms with van der Waals surface area (Å²) in [6.07, 6.45) is 3.77. The molecule has 0 aliphatic heterocycles. The maximum absolute atomic E-state index is 11.1. The Morgan fingerprint density at radius 1 is 0.974 bits per heavy atom. The number of aromatic nitrogens is 3. The van der Waals surface area contributed by atoms with Crippen LogP contribution in [0.2, 0.25) is 0 Å². The Balaban J connectivity index is 1.21. The maximum atomic E-state index is 11.1. The van der Waals surface area contributed by atoms with Gasteiger partial charge in [0.15, 0.2) is 5.76 Å². The van der Waals surface area contributed by atoms with Gasteiger partial charge in [-0.1, -0.05) is 42.5 Å². The number of oxazole rings is 1. The molecule has 9 heteroatoms. The topological polar surface area (TPSA) is 113 Å². The first-order valence-electron chi connectivity index (χ1n) is 12.2. The zero-order valence-corrected chi connectivity index (χ0v) is 20.9. The van der Waals surface area contributed by atoms with Crippen LogP contribution < -0.4 is 9.47 Å². The van der Waals surface area contributed by atoms with E-state index in [2.05, 4.69) is 10.1 Å². The van der Waals surface area contributed by atoms with Crippen LogP contribution in [0.1, 0.15) is 34.6 Å². The lowest BCUT2D eigenvalue weighted by atomic mass is 10.2. The molecule has 0 saturated carbocycles. The molecule has 0 radical (unpaired) electrons. The van der Waals surface area contributed by atoms with Crippen molar-refractivity contribution in [1.82, 2.24) is 14.8 Å². The van der Waals surface area contributed by atoms with Gasteiger partial charge >= 0.3 is 5.97 Å². The van der Waals surface area contributed by atoms with E-state index in [0.717, 1.165) is 16.7 Å². The summed E-state index contributed by atoms with van der Waals surface area (Å²) < 4.78 is 24.6. The minimum Gasteiger partial charge on any atom is -0.487 e. The Bertz CT molecular complexity index is 1470. The SMILES string of the molecule is Cc1oc(-c2ccco2)nc1COc1ccc(Cn2cc(CCC(=O)O)c(OCc3ccccc3)n2)cc1. The number of carbonyl (C=O) groups is 1. The van der Waals surface area contributed by atoms with Gasteiger partial charge in [0.1, 0.15) is 30.4 Å². The fraction of sp³-hybridized carbons (Fsp3) is 0.207. The van der Waals surface area contributed by atoms with Crippen LogP contribution in [-0.4, -0.2) is 25.8 Å². The summed E-state index contributed by atoms with van der Waals surface area (Å²) in [6, 6.07) is 21.1. The van der Waals surface area contributed by atoms with Gasteiger partial charge in [-0.2, -0.15) is 0 Å². The number of nitrogens with zero attached hydrogens (tertiary/aromatic N) is 3. The monoisotopic (exact) mass is 513 g/mol. The molecule has 0 aliphatic rings. The van der Waals surface area contributed by atoms with Crippen LogP contribution in [0, 0.1) is 6.92 Å². The lowest BCUT2D eigenvalue weighted by molar-refractivity contribution is -0.136. The molecule has 5 rings (SSSR count). The van der Waals surface area contributed by atoms with Crippen molar-refractivity contribution in [3.05, 3.63) is 107 Å². The third-order valence-electron chi connectivity index (χ3n) is 5.89. The predicted molar refractivity (Wildman–Crippen MR) is 138 cm³/mol. The second-order valence-electron chi connectivity index (χ2n) is 8.76. The number of hydrogen-bond acceptors (Lipinski definition) is 7. The molecule has 194 valence electrons. The Kier molecular flexibility index (Phi) is 7.54. The van der Waals surface area contributed by atoms with Gasteiger partial charge in [0.2, 0.25) is 5.88 Å². The van der Waals surface area contributed by atoms with Gasteiger partial charge in [-0.15, -0.1) is 5.10 Å². The molecule has 0 saturated heterocycles. The molecule has 0 unspecified atom stereocenters. The fourth-order valence-corrected chi connectivity index (χ4v) is 3.88. The van der Waals surface area contributed by atoms with Crippen LogP contribution in [-0.2, 0) is 31.0 Å². The molecule has 0 spiro atoms. The molecule has 0 fully saturated rings. The van der Waals surface area contributed by atoms with Crippen molar-refractivity contribution < 1.29 is 28.2 Å². The van der Waals surface area contributed by atoms with Crippen molar-refractivity contribution in [3.8, 4) is 23.3 Å². The minimum atomic E-state index is -0.861. The molecule has 9 nitrogen and oxygen atoms in total. The quantitative estimate of drug-likeness (QED) is 0.227. The molecule has 2 aromatic carbocycles. The zero-order valence-electron chi connectivity index (χ0n) is 20.9. The van der Waals surface area contributed by atoms with Gasteiger partial charge < -0.3 is 23.4 Å². The van der Waals surface area contributed by atoms with Crippen LogP contribution in [0.4, 0.5) is 0 Å². The molecule has 5 aromatic rings. The Labute approximate surface area is 219 Å².